The lowest BCUT2D eigenvalue weighted by atomic mass is 10.0. The first kappa shape index (κ1) is 14.6. The highest BCUT2D eigenvalue weighted by molar-refractivity contribution is 5.59. The van der Waals surface area contributed by atoms with Gasteiger partial charge in [-0.05, 0) is 40.9 Å². The van der Waals surface area contributed by atoms with Crippen LogP contribution in [-0.2, 0) is 0 Å². The monoisotopic (exact) mass is 251 g/mol. The second kappa shape index (κ2) is 5.96. The van der Waals surface area contributed by atoms with E-state index in [4.69, 9.17) is 10.5 Å². The summed E-state index contributed by atoms with van der Waals surface area (Å²) in [4.78, 5) is 2.19. The normalized spacial score (nSPS) is 11.7. The summed E-state index contributed by atoms with van der Waals surface area (Å²) in [5.74, 6) is 0.808. The molecule has 0 saturated heterocycles. The largest absolute Gasteiger partial charge is 0.494 e. The van der Waals surface area contributed by atoms with Crippen molar-refractivity contribution < 1.29 is 4.74 Å². The Morgan fingerprint density at radius 2 is 1.94 bits per heavy atom. The summed E-state index contributed by atoms with van der Waals surface area (Å²) in [6.45, 7) is 7.83. The molecule has 0 aliphatic heterocycles. The smallest absolute Gasteiger partial charge is 0.123 e. The first-order valence-corrected chi connectivity index (χ1v) is 6.30. The molecule has 1 aromatic carbocycles. The first-order chi connectivity index (χ1) is 8.35. The Bertz CT molecular complexity index is 389. The van der Waals surface area contributed by atoms with Gasteiger partial charge in [-0.25, -0.2) is 0 Å². The van der Waals surface area contributed by atoms with Gasteiger partial charge in [0.1, 0.15) is 5.75 Å². The van der Waals surface area contributed by atoms with E-state index in [0.717, 1.165) is 18.0 Å². The van der Waals surface area contributed by atoms with Crippen molar-refractivity contribution in [2.75, 3.05) is 38.3 Å². The van der Waals surface area contributed by atoms with Crippen molar-refractivity contribution in [3.05, 3.63) is 18.2 Å². The van der Waals surface area contributed by atoms with E-state index >= 15 is 0 Å². The maximum atomic E-state index is 5.86. The van der Waals surface area contributed by atoms with Crippen molar-refractivity contribution >= 4 is 11.4 Å². The molecule has 18 heavy (non-hydrogen) atoms. The van der Waals surface area contributed by atoms with Gasteiger partial charge >= 0.3 is 0 Å². The Morgan fingerprint density at radius 1 is 1.28 bits per heavy atom. The van der Waals surface area contributed by atoms with Crippen molar-refractivity contribution in [1.82, 2.24) is 4.90 Å². The third-order valence-corrected chi connectivity index (χ3v) is 3.18. The van der Waals surface area contributed by atoms with Gasteiger partial charge in [-0.15, -0.1) is 0 Å². The molecule has 0 unspecified atom stereocenters. The van der Waals surface area contributed by atoms with Gasteiger partial charge in [0.15, 0.2) is 0 Å². The SMILES string of the molecule is CCOc1cc(N)cc(NCC(C)(C)N(C)C)c1. The Hall–Kier alpha value is -1.42. The van der Waals surface area contributed by atoms with E-state index in [2.05, 4.69) is 38.2 Å². The second-order valence-electron chi connectivity index (χ2n) is 5.28. The summed E-state index contributed by atoms with van der Waals surface area (Å²) in [5.41, 5.74) is 7.65. The van der Waals surface area contributed by atoms with Crippen LogP contribution >= 0.6 is 0 Å². The Balaban J connectivity index is 2.73. The summed E-state index contributed by atoms with van der Waals surface area (Å²) >= 11 is 0. The molecule has 0 aromatic heterocycles. The van der Waals surface area contributed by atoms with Crippen molar-refractivity contribution in [1.29, 1.82) is 0 Å². The van der Waals surface area contributed by atoms with Crippen LogP contribution in [0, 0.1) is 0 Å². The highest BCUT2D eigenvalue weighted by atomic mass is 16.5. The van der Waals surface area contributed by atoms with Crippen LogP contribution in [0.5, 0.6) is 5.75 Å². The number of nitrogens with zero attached hydrogens (tertiary/aromatic N) is 1. The van der Waals surface area contributed by atoms with E-state index in [0.29, 0.717) is 12.3 Å². The average Bonchev–Trinajstić information content (AvgIpc) is 2.26. The maximum absolute atomic E-state index is 5.86. The molecule has 0 bridgehead atoms. The lowest BCUT2D eigenvalue weighted by molar-refractivity contribution is 0.210. The van der Waals surface area contributed by atoms with Crippen LogP contribution in [0.4, 0.5) is 11.4 Å². The Kier molecular flexibility index (Phi) is 4.84. The maximum Gasteiger partial charge on any atom is 0.123 e. The van der Waals surface area contributed by atoms with Crippen LogP contribution in [-0.4, -0.2) is 37.7 Å². The van der Waals surface area contributed by atoms with Gasteiger partial charge in [0.25, 0.3) is 0 Å². The molecule has 4 heteroatoms. The number of benzene rings is 1. The molecule has 4 nitrogen and oxygen atoms in total. The second-order valence-corrected chi connectivity index (χ2v) is 5.28. The van der Waals surface area contributed by atoms with E-state index in [1.807, 2.05) is 25.1 Å². The van der Waals surface area contributed by atoms with Gasteiger partial charge < -0.3 is 20.7 Å². The average molecular weight is 251 g/mol. The molecule has 0 radical (unpaired) electrons. The first-order valence-electron chi connectivity index (χ1n) is 6.30. The zero-order chi connectivity index (χ0) is 13.8. The number of hydrogen-bond acceptors (Lipinski definition) is 4. The van der Waals surface area contributed by atoms with Crippen molar-refractivity contribution in [2.24, 2.45) is 0 Å². The van der Waals surface area contributed by atoms with E-state index in [1.165, 1.54) is 0 Å². The summed E-state index contributed by atoms with van der Waals surface area (Å²) in [7, 11) is 4.15. The number of rotatable bonds is 6. The quantitative estimate of drug-likeness (QED) is 0.762. The molecule has 0 atom stereocenters. The van der Waals surface area contributed by atoms with Crippen molar-refractivity contribution in [2.45, 2.75) is 26.3 Å². The van der Waals surface area contributed by atoms with Gasteiger partial charge in [-0.3, -0.25) is 0 Å². The van der Waals surface area contributed by atoms with Crippen LogP contribution in [0.25, 0.3) is 0 Å². The topological polar surface area (TPSA) is 50.5 Å². The number of hydrogen-bond donors (Lipinski definition) is 2. The van der Waals surface area contributed by atoms with Gasteiger partial charge in [-0.1, -0.05) is 0 Å². The molecule has 102 valence electrons. The van der Waals surface area contributed by atoms with Crippen molar-refractivity contribution in [3.8, 4) is 5.75 Å². The lowest BCUT2D eigenvalue weighted by Gasteiger charge is -2.33. The molecule has 1 rings (SSSR count). The lowest BCUT2D eigenvalue weighted by Crippen LogP contribution is -2.44. The summed E-state index contributed by atoms with van der Waals surface area (Å²) in [5, 5.41) is 3.40. The molecular formula is C14H25N3O. The summed E-state index contributed by atoms with van der Waals surface area (Å²) in [6, 6.07) is 5.74. The molecule has 3 N–H and O–H groups in total. The third-order valence-electron chi connectivity index (χ3n) is 3.18. The third kappa shape index (κ3) is 4.11. The van der Waals surface area contributed by atoms with Gasteiger partial charge in [-0.2, -0.15) is 0 Å². The highest BCUT2D eigenvalue weighted by Crippen LogP contribution is 2.23. The Labute approximate surface area is 110 Å². The number of nitrogens with two attached hydrogens (primary N) is 1. The minimum Gasteiger partial charge on any atom is -0.494 e. The predicted octanol–water partition coefficient (Wildman–Crippen LogP) is 2.42. The van der Waals surface area contributed by atoms with E-state index < -0.39 is 0 Å². The summed E-state index contributed by atoms with van der Waals surface area (Å²) in [6.07, 6.45) is 0. The number of ether oxygens (including phenoxy) is 1. The van der Waals surface area contributed by atoms with Crippen LogP contribution in [0.3, 0.4) is 0 Å². The zero-order valence-electron chi connectivity index (χ0n) is 12.1. The van der Waals surface area contributed by atoms with Gasteiger partial charge in [0.2, 0.25) is 0 Å². The van der Waals surface area contributed by atoms with Crippen LogP contribution in [0.15, 0.2) is 18.2 Å². The van der Waals surface area contributed by atoms with Gasteiger partial charge in [0.05, 0.1) is 6.61 Å². The number of likely N-dealkylation sites (N-methyl/N-ethyl adjacent to an activating group) is 1. The van der Waals surface area contributed by atoms with E-state index in [1.54, 1.807) is 0 Å². The molecule has 0 saturated carbocycles. The number of anilines is 2. The number of nitrogens with one attached hydrogen (secondary N) is 1. The fraction of sp³-hybridized carbons (Fsp3) is 0.571. The highest BCUT2D eigenvalue weighted by Gasteiger charge is 2.19. The molecule has 0 heterocycles. The molecular weight excluding hydrogens is 226 g/mol. The predicted molar refractivity (Wildman–Crippen MR) is 78.3 cm³/mol. The molecule has 0 fully saturated rings. The summed E-state index contributed by atoms with van der Waals surface area (Å²) < 4.78 is 5.48. The standard InChI is InChI=1S/C14H25N3O/c1-6-18-13-8-11(15)7-12(9-13)16-10-14(2,3)17(4)5/h7-9,16H,6,10,15H2,1-5H3. The fourth-order valence-electron chi connectivity index (χ4n) is 1.45. The zero-order valence-corrected chi connectivity index (χ0v) is 12.1. The van der Waals surface area contributed by atoms with Gasteiger partial charge in [0, 0.05) is 35.6 Å². The minimum absolute atomic E-state index is 0.0797. The van der Waals surface area contributed by atoms with Crippen LogP contribution < -0.4 is 15.8 Å². The van der Waals surface area contributed by atoms with E-state index in [-0.39, 0.29) is 5.54 Å². The molecule has 0 amide bonds. The molecule has 0 aliphatic carbocycles. The van der Waals surface area contributed by atoms with Crippen LogP contribution in [0.2, 0.25) is 0 Å². The Morgan fingerprint density at radius 3 is 2.50 bits per heavy atom. The van der Waals surface area contributed by atoms with E-state index in [9.17, 15) is 0 Å². The molecule has 1 aromatic rings. The fourth-order valence-corrected chi connectivity index (χ4v) is 1.45. The van der Waals surface area contributed by atoms with Crippen LogP contribution in [0.1, 0.15) is 20.8 Å². The van der Waals surface area contributed by atoms with Crippen molar-refractivity contribution in [3.63, 3.8) is 0 Å². The molecule has 0 spiro atoms. The molecule has 0 aliphatic rings. The number of nitrogen functional groups attached to an aromatic ring is 1. The minimum atomic E-state index is 0.0797.